The molecule has 28 nitrogen and oxygen atoms in total. The Morgan fingerprint density at radius 1 is 0.631 bits per heavy atom. The van der Waals surface area contributed by atoms with Gasteiger partial charge in [0.1, 0.15) is 72.9 Å². The van der Waals surface area contributed by atoms with Crippen molar-refractivity contribution in [2.45, 2.75) is 152 Å². The molecule has 4 aliphatic rings. The second-order valence-corrected chi connectivity index (χ2v) is 21.2. The van der Waals surface area contributed by atoms with E-state index in [4.69, 9.17) is 37.9 Å². The molecule has 10 rings (SSSR count). The lowest BCUT2D eigenvalue weighted by molar-refractivity contribution is -0.260. The monoisotopic (exact) mass is 1180 g/mol. The number of nitrogens with zero attached hydrogens (tertiary/aromatic N) is 8. The van der Waals surface area contributed by atoms with Crippen molar-refractivity contribution in [2.75, 3.05) is 39.5 Å². The van der Waals surface area contributed by atoms with Crippen LogP contribution in [0.5, 0.6) is 0 Å². The van der Waals surface area contributed by atoms with Gasteiger partial charge in [0.25, 0.3) is 0 Å². The number of amides is 2. The van der Waals surface area contributed by atoms with Gasteiger partial charge < -0.3 is 88.3 Å². The number of nitrogens with one attached hydrogen (secondary N) is 2. The van der Waals surface area contributed by atoms with E-state index in [1.54, 1.807) is 24.5 Å². The van der Waals surface area contributed by atoms with Gasteiger partial charge in [-0.15, -0.1) is 10.2 Å². The summed E-state index contributed by atoms with van der Waals surface area (Å²) in [7, 11) is 0. The second kappa shape index (κ2) is 26.3. The molecule has 0 aliphatic carbocycles. The minimum atomic E-state index is -1.26. The van der Waals surface area contributed by atoms with Gasteiger partial charge in [0, 0.05) is 73.4 Å². The smallest absolute Gasteiger partial charge is 0.410 e. The van der Waals surface area contributed by atoms with Crippen molar-refractivity contribution in [3.8, 4) is 11.4 Å². The standard InChI is InChI=1S/C54H66F2N10O18/c1-27(69)81-35-13-33(65(21-35)53(75)77-9-7-63-19-31(59-61-63)25-79-47-17-43(71)51(73)45(23-67)83-47)15-39-37-5-3-29(55)11-41(37)57-49(39)50-40(38-6-4-30(56)12-42(38)58-50)16-34-14-36(82-28(2)70)22-66(34)54(76)78-10-8-64-20-32(60-62-64)26-80-48-18-44(72)52(74)46(24-68)84-48/h3-6,11-12,19-20,33-36,43-48,51-52,57-58,67-68,71-74H,7-10,13-18,21-26H2,1-2H3/t33-,34-,35-,36-,43?,44?,45?,46?,47+,48+,51-,52-/m0/s1. The predicted octanol–water partition coefficient (Wildman–Crippen LogP) is 1.24. The fraction of sp³-hybridized carbons (Fsp3) is 0.556. The van der Waals surface area contributed by atoms with E-state index in [2.05, 4.69) is 30.6 Å². The number of ether oxygens (including phenoxy) is 8. The first kappa shape index (κ1) is 59.9. The van der Waals surface area contributed by atoms with Crippen LogP contribution in [0.4, 0.5) is 18.4 Å². The molecule has 8 N–H and O–H groups in total. The highest BCUT2D eigenvalue weighted by Gasteiger charge is 2.42. The van der Waals surface area contributed by atoms with E-state index in [-0.39, 0.29) is 91.1 Å². The molecule has 0 spiro atoms. The summed E-state index contributed by atoms with van der Waals surface area (Å²) in [5.74, 6) is -2.19. The first-order valence-electron chi connectivity index (χ1n) is 27.5. The van der Waals surface area contributed by atoms with Crippen LogP contribution in [0.2, 0.25) is 0 Å². The molecule has 4 saturated heterocycles. The molecule has 12 atom stereocenters. The van der Waals surface area contributed by atoms with Gasteiger partial charge >= 0.3 is 24.1 Å². The molecular weight excluding hydrogens is 1110 g/mol. The van der Waals surface area contributed by atoms with Gasteiger partial charge in [-0.25, -0.2) is 27.7 Å². The number of aliphatic hydroxyl groups is 6. The van der Waals surface area contributed by atoms with Gasteiger partial charge in [0.15, 0.2) is 12.6 Å². The molecule has 8 heterocycles. The van der Waals surface area contributed by atoms with Crippen LogP contribution in [0.1, 0.15) is 62.0 Å². The summed E-state index contributed by atoms with van der Waals surface area (Å²) in [5, 5.41) is 76.8. The molecule has 4 aliphatic heterocycles. The highest BCUT2D eigenvalue weighted by Crippen LogP contribution is 2.40. The quantitative estimate of drug-likeness (QED) is 0.0371. The van der Waals surface area contributed by atoms with Gasteiger partial charge in [-0.3, -0.25) is 9.59 Å². The molecule has 84 heavy (non-hydrogen) atoms. The number of halogens is 2. The molecule has 4 fully saturated rings. The van der Waals surface area contributed by atoms with Gasteiger partial charge in [-0.05, 0) is 60.4 Å². The number of benzene rings is 2. The maximum Gasteiger partial charge on any atom is 0.410 e. The Morgan fingerprint density at radius 3 is 1.44 bits per heavy atom. The third-order valence-corrected chi connectivity index (χ3v) is 15.3. The van der Waals surface area contributed by atoms with E-state index >= 15 is 8.78 Å². The third kappa shape index (κ3) is 13.9. The van der Waals surface area contributed by atoms with Crippen molar-refractivity contribution in [1.82, 2.24) is 49.8 Å². The zero-order chi connectivity index (χ0) is 59.3. The van der Waals surface area contributed by atoms with Crippen molar-refractivity contribution >= 4 is 45.9 Å². The highest BCUT2D eigenvalue weighted by atomic mass is 19.1. The van der Waals surface area contributed by atoms with E-state index in [9.17, 15) is 49.8 Å². The molecular formula is C54H66F2N10O18. The molecule has 4 unspecified atom stereocenters. The first-order chi connectivity index (χ1) is 40.4. The van der Waals surface area contributed by atoms with E-state index in [1.807, 2.05) is 0 Å². The van der Waals surface area contributed by atoms with Crippen LogP contribution < -0.4 is 0 Å². The Morgan fingerprint density at radius 2 is 1.05 bits per heavy atom. The average molecular weight is 1180 g/mol. The Balaban J connectivity index is 0.847. The third-order valence-electron chi connectivity index (χ3n) is 15.3. The average Bonchev–Trinajstić information content (AvgIpc) is 3.87. The number of aliphatic hydroxyl groups excluding tert-OH is 6. The van der Waals surface area contributed by atoms with Crippen LogP contribution in [0.25, 0.3) is 33.2 Å². The van der Waals surface area contributed by atoms with Gasteiger partial charge in [-0.1, -0.05) is 10.4 Å². The molecule has 4 aromatic heterocycles. The summed E-state index contributed by atoms with van der Waals surface area (Å²) in [6, 6.07) is 7.16. The molecule has 6 aromatic rings. The van der Waals surface area contributed by atoms with Crippen molar-refractivity contribution in [3.05, 3.63) is 82.9 Å². The number of fused-ring (bicyclic) bond motifs is 2. The highest BCUT2D eigenvalue weighted by molar-refractivity contribution is 5.96. The summed E-state index contributed by atoms with van der Waals surface area (Å²) in [6.45, 7) is 1.15. The number of aromatic amines is 2. The van der Waals surface area contributed by atoms with Gasteiger partial charge in [0.2, 0.25) is 0 Å². The molecule has 0 radical (unpaired) electrons. The zero-order valence-corrected chi connectivity index (χ0v) is 45.8. The maximum atomic E-state index is 15.1. The summed E-state index contributed by atoms with van der Waals surface area (Å²) in [4.78, 5) is 62.5. The summed E-state index contributed by atoms with van der Waals surface area (Å²) in [6.07, 6.45) is -7.93. The van der Waals surface area contributed by atoms with Crippen LogP contribution in [0.15, 0.2) is 48.8 Å². The lowest BCUT2D eigenvalue weighted by Gasteiger charge is -2.35. The van der Waals surface area contributed by atoms with E-state index in [0.717, 1.165) is 0 Å². The predicted molar refractivity (Wildman–Crippen MR) is 281 cm³/mol. The summed E-state index contributed by atoms with van der Waals surface area (Å²) in [5.41, 5.74) is 3.75. The van der Waals surface area contributed by atoms with Gasteiger partial charge in [0.05, 0.1) is 88.6 Å². The van der Waals surface area contributed by atoms with Gasteiger partial charge in [-0.2, -0.15) is 0 Å². The van der Waals surface area contributed by atoms with Crippen LogP contribution in [-0.4, -0.2) is 218 Å². The number of carbonyl (C=O) groups excluding carboxylic acids is 4. The second-order valence-electron chi connectivity index (χ2n) is 21.2. The number of esters is 2. The summed E-state index contributed by atoms with van der Waals surface area (Å²) < 4.78 is 78.4. The zero-order valence-electron chi connectivity index (χ0n) is 45.8. The maximum absolute atomic E-state index is 15.1. The number of likely N-dealkylation sites (tertiary alicyclic amines) is 2. The van der Waals surface area contributed by atoms with Crippen molar-refractivity contribution < 1.29 is 96.5 Å². The number of H-pyrrole nitrogens is 2. The normalized spacial score (nSPS) is 26.3. The molecule has 2 amide bonds. The molecule has 0 bridgehead atoms. The molecule has 2 aromatic carbocycles. The molecule has 30 heteroatoms. The van der Waals surface area contributed by atoms with E-state index < -0.39 is 122 Å². The van der Waals surface area contributed by atoms with Crippen molar-refractivity contribution in [1.29, 1.82) is 0 Å². The van der Waals surface area contributed by atoms with E-state index in [0.29, 0.717) is 55.7 Å². The van der Waals surface area contributed by atoms with E-state index in [1.165, 1.54) is 57.3 Å². The minimum absolute atomic E-state index is 0.0160. The SMILES string of the molecule is CC(=O)O[C@H]1C[C@@H](Cc2c(-c3[nH]c4cc(F)ccc4c3C[C@@H]3C[C@H](OC(C)=O)CN3C(=O)OCCn3cc(CO[C@H]4CC(O)[C@H](O)C(CO)O4)nn3)[nH]c3cc(F)ccc23)N(C(=O)OCCn2cc(CO[C@H]3CC(O)[C@H](O)C(CO)O3)nn2)C1. The Hall–Kier alpha value is -7.26. The van der Waals surface area contributed by atoms with Crippen molar-refractivity contribution in [3.63, 3.8) is 0 Å². The fourth-order valence-corrected chi connectivity index (χ4v) is 11.4. The topological polar surface area (TPSA) is 363 Å². The minimum Gasteiger partial charge on any atom is -0.461 e. The van der Waals surface area contributed by atoms with Crippen molar-refractivity contribution in [2.24, 2.45) is 0 Å². The lowest BCUT2D eigenvalue weighted by atomic mass is 9.95. The number of hydrogen-bond donors (Lipinski definition) is 8. The van der Waals surface area contributed by atoms with Crippen LogP contribution in [0, 0.1) is 11.6 Å². The number of aromatic nitrogens is 8. The number of rotatable bonds is 21. The first-order valence-corrected chi connectivity index (χ1v) is 27.5. The van der Waals surface area contributed by atoms with Crippen LogP contribution in [-0.2, 0) is 86.6 Å². The number of carbonyl (C=O) groups is 4. The number of hydrogen-bond acceptors (Lipinski definition) is 22. The fourth-order valence-electron chi connectivity index (χ4n) is 11.4. The summed E-state index contributed by atoms with van der Waals surface area (Å²) >= 11 is 0. The Labute approximate surface area is 477 Å². The Bertz CT molecular complexity index is 3070. The van der Waals surface area contributed by atoms with Crippen LogP contribution >= 0.6 is 0 Å². The molecule has 454 valence electrons. The molecule has 0 saturated carbocycles. The Kier molecular flexibility index (Phi) is 18.8. The lowest BCUT2D eigenvalue weighted by Crippen LogP contribution is -2.50. The largest absolute Gasteiger partial charge is 0.461 e. The van der Waals surface area contributed by atoms with Crippen LogP contribution in [0.3, 0.4) is 0 Å².